The van der Waals surface area contributed by atoms with Gasteiger partial charge in [0.05, 0.1) is 0 Å². The Bertz CT molecular complexity index is 981. The van der Waals surface area contributed by atoms with Crippen LogP contribution in [0.25, 0.3) is 21.9 Å². The number of aryl methyl sites for hydroxylation is 1. The Morgan fingerprint density at radius 2 is 2.14 bits per heavy atom. The van der Waals surface area contributed by atoms with Crippen LogP contribution in [0.15, 0.2) is 42.6 Å². The van der Waals surface area contributed by atoms with E-state index in [4.69, 9.17) is 5.73 Å². The lowest BCUT2D eigenvalue weighted by atomic mass is 9.95. The Morgan fingerprint density at radius 3 is 2.93 bits per heavy atom. The number of halogens is 1. The number of pyridine rings is 1. The van der Waals surface area contributed by atoms with E-state index in [1.165, 1.54) is 25.5 Å². The number of aromatic nitrogens is 1. The van der Waals surface area contributed by atoms with Crippen LogP contribution in [-0.2, 0) is 0 Å². The largest absolute Gasteiger partial charge is 0.384 e. The Morgan fingerprint density at radius 1 is 1.29 bits per heavy atom. The van der Waals surface area contributed by atoms with Crippen LogP contribution < -0.4 is 11.1 Å². The van der Waals surface area contributed by atoms with Gasteiger partial charge in [-0.1, -0.05) is 12.1 Å². The summed E-state index contributed by atoms with van der Waals surface area (Å²) < 4.78 is 14.6. The van der Waals surface area contributed by atoms with Gasteiger partial charge in [0.2, 0.25) is 0 Å². The summed E-state index contributed by atoms with van der Waals surface area (Å²) in [5.41, 5.74) is 9.34. The minimum Gasteiger partial charge on any atom is -0.384 e. The summed E-state index contributed by atoms with van der Waals surface area (Å²) in [4.78, 5) is 6.62. The van der Waals surface area contributed by atoms with Gasteiger partial charge in [0, 0.05) is 41.3 Å². The number of hydrogen-bond acceptors (Lipinski definition) is 4. The quantitative estimate of drug-likeness (QED) is 0.692. The molecule has 1 aliphatic rings. The van der Waals surface area contributed by atoms with Gasteiger partial charge in [0.1, 0.15) is 11.6 Å². The average molecular weight is 378 g/mol. The molecular formula is C23H27FN4. The molecule has 0 amide bonds. The number of nitrogens with one attached hydrogen (secondary N) is 1. The van der Waals surface area contributed by atoms with Crippen LogP contribution in [-0.4, -0.2) is 36.6 Å². The first-order chi connectivity index (χ1) is 13.5. The highest BCUT2D eigenvalue weighted by molar-refractivity contribution is 5.98. The fourth-order valence-electron chi connectivity index (χ4n) is 4.26. The summed E-state index contributed by atoms with van der Waals surface area (Å²) in [7, 11) is 2.18. The molecule has 0 spiro atoms. The number of benzene rings is 2. The van der Waals surface area contributed by atoms with E-state index in [0.717, 1.165) is 40.7 Å². The van der Waals surface area contributed by atoms with Gasteiger partial charge in [-0.25, -0.2) is 9.37 Å². The van der Waals surface area contributed by atoms with Crippen LogP contribution >= 0.6 is 0 Å². The number of piperidine rings is 1. The second kappa shape index (κ2) is 7.76. The third-order valence-electron chi connectivity index (χ3n) is 5.67. The summed E-state index contributed by atoms with van der Waals surface area (Å²) in [5.74, 6) is 0.886. The number of nitrogens with two attached hydrogens (primary N) is 1. The zero-order chi connectivity index (χ0) is 19.7. The summed E-state index contributed by atoms with van der Waals surface area (Å²) in [6, 6.07) is 11.1. The van der Waals surface area contributed by atoms with Crippen molar-refractivity contribution < 1.29 is 4.39 Å². The van der Waals surface area contributed by atoms with E-state index in [1.54, 1.807) is 12.3 Å². The molecule has 2 heterocycles. The molecule has 4 rings (SSSR count). The molecule has 1 saturated heterocycles. The molecule has 3 N–H and O–H groups in total. The molecule has 1 unspecified atom stereocenters. The smallest absolute Gasteiger partial charge is 0.131 e. The molecule has 4 nitrogen and oxygen atoms in total. The first kappa shape index (κ1) is 18.7. The van der Waals surface area contributed by atoms with E-state index in [-0.39, 0.29) is 5.82 Å². The summed E-state index contributed by atoms with van der Waals surface area (Å²) >= 11 is 0. The lowest BCUT2D eigenvalue weighted by Crippen LogP contribution is -2.35. The third kappa shape index (κ3) is 3.80. The lowest BCUT2D eigenvalue weighted by molar-refractivity contribution is 0.217. The lowest BCUT2D eigenvalue weighted by Gasteiger charge is -2.30. The number of rotatable bonds is 4. The molecule has 0 bridgehead atoms. The van der Waals surface area contributed by atoms with Gasteiger partial charge in [0.25, 0.3) is 0 Å². The van der Waals surface area contributed by atoms with Crippen LogP contribution in [0, 0.1) is 18.7 Å². The number of fused-ring (bicyclic) bond motifs is 1. The molecule has 28 heavy (non-hydrogen) atoms. The average Bonchev–Trinajstić information content (AvgIpc) is 2.66. The van der Waals surface area contributed by atoms with Crippen molar-refractivity contribution in [2.24, 2.45) is 5.92 Å². The minimum absolute atomic E-state index is 0.206. The summed E-state index contributed by atoms with van der Waals surface area (Å²) in [5, 5.41) is 5.60. The maximum absolute atomic E-state index is 14.6. The molecule has 0 radical (unpaired) electrons. The predicted octanol–water partition coefficient (Wildman–Crippen LogP) is 4.69. The van der Waals surface area contributed by atoms with Gasteiger partial charge in [0.15, 0.2) is 0 Å². The van der Waals surface area contributed by atoms with E-state index in [1.807, 2.05) is 31.2 Å². The number of nitrogen functional groups attached to an aromatic ring is 1. The molecule has 146 valence electrons. The monoisotopic (exact) mass is 378 g/mol. The SMILES string of the molecule is Cc1cccc(F)c1-c1cc(NCC2CCCN(C)C2)c2cc(N)ncc2c1. The minimum atomic E-state index is -0.206. The van der Waals surface area contributed by atoms with Crippen molar-refractivity contribution >= 4 is 22.3 Å². The van der Waals surface area contributed by atoms with Crippen molar-refractivity contribution in [1.29, 1.82) is 0 Å². The van der Waals surface area contributed by atoms with E-state index in [2.05, 4.69) is 22.2 Å². The van der Waals surface area contributed by atoms with Gasteiger partial charge in [-0.2, -0.15) is 0 Å². The highest BCUT2D eigenvalue weighted by Gasteiger charge is 2.18. The number of hydrogen-bond donors (Lipinski definition) is 2. The molecule has 1 fully saturated rings. The van der Waals surface area contributed by atoms with Crippen LogP contribution in [0.2, 0.25) is 0 Å². The topological polar surface area (TPSA) is 54.2 Å². The zero-order valence-electron chi connectivity index (χ0n) is 16.5. The highest BCUT2D eigenvalue weighted by atomic mass is 19.1. The summed E-state index contributed by atoms with van der Waals surface area (Å²) in [6.45, 7) is 5.10. The Balaban J connectivity index is 1.74. The van der Waals surface area contributed by atoms with Crippen molar-refractivity contribution in [3.05, 3.63) is 54.0 Å². The molecule has 0 aliphatic carbocycles. The first-order valence-electron chi connectivity index (χ1n) is 9.88. The van der Waals surface area contributed by atoms with Gasteiger partial charge in [-0.05, 0) is 74.7 Å². The van der Waals surface area contributed by atoms with E-state index in [0.29, 0.717) is 17.3 Å². The number of anilines is 2. The fourth-order valence-corrected chi connectivity index (χ4v) is 4.26. The Labute approximate surface area is 165 Å². The van der Waals surface area contributed by atoms with Crippen molar-refractivity contribution in [3.8, 4) is 11.1 Å². The third-order valence-corrected chi connectivity index (χ3v) is 5.67. The second-order valence-corrected chi connectivity index (χ2v) is 7.94. The van der Waals surface area contributed by atoms with Crippen LogP contribution in [0.4, 0.5) is 15.9 Å². The van der Waals surface area contributed by atoms with E-state index < -0.39 is 0 Å². The molecule has 5 heteroatoms. The van der Waals surface area contributed by atoms with Crippen molar-refractivity contribution in [2.75, 3.05) is 37.7 Å². The molecule has 1 atom stereocenters. The fraction of sp³-hybridized carbons (Fsp3) is 0.348. The van der Waals surface area contributed by atoms with Crippen molar-refractivity contribution in [3.63, 3.8) is 0 Å². The molecule has 2 aromatic carbocycles. The molecule has 1 aromatic heterocycles. The first-order valence-corrected chi connectivity index (χ1v) is 9.88. The predicted molar refractivity (Wildman–Crippen MR) is 115 cm³/mol. The molecule has 3 aromatic rings. The molecule has 1 aliphatic heterocycles. The van der Waals surface area contributed by atoms with Crippen molar-refractivity contribution in [1.82, 2.24) is 9.88 Å². The van der Waals surface area contributed by atoms with Crippen LogP contribution in [0.1, 0.15) is 18.4 Å². The summed E-state index contributed by atoms with van der Waals surface area (Å²) in [6.07, 6.45) is 4.23. The van der Waals surface area contributed by atoms with Gasteiger partial charge in [-0.3, -0.25) is 0 Å². The Kier molecular flexibility index (Phi) is 5.18. The van der Waals surface area contributed by atoms with Crippen molar-refractivity contribution in [2.45, 2.75) is 19.8 Å². The standard InChI is InChI=1S/C23H27FN4/c1-15-5-3-7-20(24)23(15)17-9-18-13-27-22(25)11-19(18)21(10-17)26-12-16-6-4-8-28(2)14-16/h3,5,7,9-11,13,16,26H,4,6,8,12,14H2,1-2H3,(H2,25,27). The molecule has 0 saturated carbocycles. The number of nitrogens with zero attached hydrogens (tertiary/aromatic N) is 2. The number of likely N-dealkylation sites (tertiary alicyclic amines) is 1. The van der Waals surface area contributed by atoms with Gasteiger partial charge >= 0.3 is 0 Å². The van der Waals surface area contributed by atoms with Gasteiger partial charge < -0.3 is 16.0 Å². The van der Waals surface area contributed by atoms with E-state index in [9.17, 15) is 4.39 Å². The zero-order valence-corrected chi connectivity index (χ0v) is 16.5. The van der Waals surface area contributed by atoms with Crippen LogP contribution in [0.5, 0.6) is 0 Å². The second-order valence-electron chi connectivity index (χ2n) is 7.94. The maximum Gasteiger partial charge on any atom is 0.131 e. The van der Waals surface area contributed by atoms with Gasteiger partial charge in [-0.15, -0.1) is 0 Å². The van der Waals surface area contributed by atoms with E-state index >= 15 is 0 Å². The molecular weight excluding hydrogens is 351 g/mol. The van der Waals surface area contributed by atoms with Crippen LogP contribution in [0.3, 0.4) is 0 Å². The maximum atomic E-state index is 14.6. The Hall–Kier alpha value is -2.66. The normalized spacial score (nSPS) is 17.8. The highest BCUT2D eigenvalue weighted by Crippen LogP contribution is 2.34.